The van der Waals surface area contributed by atoms with Gasteiger partial charge in [0.2, 0.25) is 10.0 Å². The average Bonchev–Trinajstić information content (AvgIpc) is 2.96. The molecule has 0 radical (unpaired) electrons. The smallest absolute Gasteiger partial charge is 0.307 e. The predicted molar refractivity (Wildman–Crippen MR) is 157 cm³/mol. The summed E-state index contributed by atoms with van der Waals surface area (Å²) in [4.78, 5) is 26.7. The molecule has 1 unspecified atom stereocenters. The van der Waals surface area contributed by atoms with E-state index in [1.807, 2.05) is 54.3 Å². The van der Waals surface area contributed by atoms with Crippen LogP contribution in [0.1, 0.15) is 87.2 Å². The molecular formula is C31H44N2O6S. The van der Waals surface area contributed by atoms with E-state index in [1.54, 1.807) is 19.1 Å². The van der Waals surface area contributed by atoms with E-state index < -0.39 is 22.0 Å². The van der Waals surface area contributed by atoms with Crippen molar-refractivity contribution in [1.82, 2.24) is 9.62 Å². The Kier molecular flexibility index (Phi) is 12.9. The molecule has 1 aliphatic rings. The molecule has 1 amide bonds. The number of likely N-dealkylation sites (tertiary alicyclic amines) is 1. The lowest BCUT2D eigenvalue weighted by Crippen LogP contribution is -2.38. The Morgan fingerprint density at radius 1 is 0.975 bits per heavy atom. The van der Waals surface area contributed by atoms with Crippen LogP contribution < -0.4 is 9.46 Å². The molecule has 3 rings (SSSR count). The third kappa shape index (κ3) is 10.6. The van der Waals surface area contributed by atoms with Gasteiger partial charge in [0.05, 0.1) is 31.4 Å². The first kappa shape index (κ1) is 31.6. The minimum atomic E-state index is -3.52. The highest BCUT2D eigenvalue weighted by Crippen LogP contribution is 2.25. The quantitative estimate of drug-likeness (QED) is 0.210. The van der Waals surface area contributed by atoms with Crippen molar-refractivity contribution >= 4 is 21.9 Å². The van der Waals surface area contributed by atoms with E-state index in [0.29, 0.717) is 30.3 Å². The van der Waals surface area contributed by atoms with Crippen molar-refractivity contribution < 1.29 is 27.5 Å². The van der Waals surface area contributed by atoms with E-state index in [1.165, 1.54) is 0 Å². The Morgan fingerprint density at radius 3 is 2.33 bits per heavy atom. The van der Waals surface area contributed by atoms with Gasteiger partial charge in [0, 0.05) is 18.7 Å². The number of carbonyl (C=O) groups excluding carboxylic acids is 2. The van der Waals surface area contributed by atoms with Crippen LogP contribution in [-0.4, -0.2) is 57.3 Å². The number of nitrogens with one attached hydrogen (secondary N) is 1. The van der Waals surface area contributed by atoms with Gasteiger partial charge in [-0.25, -0.2) is 13.1 Å². The fourth-order valence-corrected chi connectivity index (χ4v) is 6.37. The van der Waals surface area contributed by atoms with Gasteiger partial charge in [-0.15, -0.1) is 0 Å². The van der Waals surface area contributed by atoms with Crippen molar-refractivity contribution in [2.75, 3.05) is 32.1 Å². The van der Waals surface area contributed by atoms with E-state index in [4.69, 9.17) is 9.47 Å². The highest BCUT2D eigenvalue weighted by molar-refractivity contribution is 7.89. The van der Waals surface area contributed by atoms with E-state index in [2.05, 4.69) is 4.72 Å². The van der Waals surface area contributed by atoms with Crippen molar-refractivity contribution in [1.29, 1.82) is 0 Å². The van der Waals surface area contributed by atoms with Gasteiger partial charge in [-0.3, -0.25) is 9.59 Å². The third-order valence-corrected chi connectivity index (χ3v) is 8.71. The normalized spacial score (nSPS) is 15.0. The Balaban J connectivity index is 1.40. The highest BCUT2D eigenvalue weighted by Gasteiger charge is 2.24. The molecule has 2 aromatic rings. The van der Waals surface area contributed by atoms with Crippen molar-refractivity contribution in [2.24, 2.45) is 5.92 Å². The Morgan fingerprint density at radius 2 is 1.68 bits per heavy atom. The lowest BCUT2D eigenvalue weighted by atomic mass is 9.91. The molecular weight excluding hydrogens is 528 g/mol. The number of unbranched alkanes of at least 4 members (excludes halogenated alkanes) is 2. The summed E-state index contributed by atoms with van der Waals surface area (Å²) in [6, 6.07) is 16.0. The van der Waals surface area contributed by atoms with Gasteiger partial charge >= 0.3 is 5.97 Å². The summed E-state index contributed by atoms with van der Waals surface area (Å²) in [5, 5.41) is 0. The first-order valence-corrected chi connectivity index (χ1v) is 16.2. The van der Waals surface area contributed by atoms with Crippen molar-refractivity contribution in [3.05, 3.63) is 65.7 Å². The zero-order valence-electron chi connectivity index (χ0n) is 23.8. The standard InChI is InChI=1S/C31H44N2O6S/c1-3-5-23-40(36,37)32-29(24-30(34)38-4-2)26-14-16-28(17-15-26)39-22-10-9-11-25-18-20-33(21-19-25)31(35)27-12-7-6-8-13-27/h6-8,12-17,25,29,32H,3-5,9-11,18-24H2,1-2H3. The molecule has 1 saturated heterocycles. The minimum Gasteiger partial charge on any atom is -0.494 e. The Bertz CT molecular complexity index is 1150. The number of hydrogen-bond acceptors (Lipinski definition) is 6. The molecule has 1 fully saturated rings. The van der Waals surface area contributed by atoms with Gasteiger partial charge in [0.25, 0.3) is 5.91 Å². The molecule has 0 aliphatic carbocycles. The largest absolute Gasteiger partial charge is 0.494 e. The molecule has 0 spiro atoms. The highest BCUT2D eigenvalue weighted by atomic mass is 32.2. The summed E-state index contributed by atoms with van der Waals surface area (Å²) < 4.78 is 38.6. The molecule has 0 aromatic heterocycles. The van der Waals surface area contributed by atoms with Gasteiger partial charge in [-0.1, -0.05) is 50.1 Å². The van der Waals surface area contributed by atoms with Crippen LogP contribution in [-0.2, 0) is 19.6 Å². The number of sulfonamides is 1. The molecule has 40 heavy (non-hydrogen) atoms. The van der Waals surface area contributed by atoms with Crippen LogP contribution in [0, 0.1) is 5.92 Å². The Hall–Kier alpha value is -2.91. The lowest BCUT2D eigenvalue weighted by molar-refractivity contribution is -0.143. The number of carbonyl (C=O) groups is 2. The van der Waals surface area contributed by atoms with Crippen molar-refractivity contribution in [3.63, 3.8) is 0 Å². The number of ether oxygens (including phenoxy) is 2. The van der Waals surface area contributed by atoms with Crippen molar-refractivity contribution in [3.8, 4) is 5.75 Å². The van der Waals surface area contributed by atoms with E-state index >= 15 is 0 Å². The maximum absolute atomic E-state index is 12.6. The van der Waals surface area contributed by atoms with Gasteiger partial charge in [-0.2, -0.15) is 0 Å². The molecule has 1 atom stereocenters. The molecule has 1 heterocycles. The second kappa shape index (κ2) is 16.4. The molecule has 2 aromatic carbocycles. The van der Waals surface area contributed by atoms with Crippen molar-refractivity contribution in [2.45, 2.75) is 71.3 Å². The summed E-state index contributed by atoms with van der Waals surface area (Å²) in [5.41, 5.74) is 1.45. The molecule has 9 heteroatoms. The number of piperidine rings is 1. The molecule has 0 bridgehead atoms. The van der Waals surface area contributed by atoms with E-state index in [0.717, 1.165) is 57.2 Å². The number of benzene rings is 2. The van der Waals surface area contributed by atoms with Crippen LogP contribution in [0.5, 0.6) is 5.75 Å². The molecule has 220 valence electrons. The third-order valence-electron chi connectivity index (χ3n) is 7.24. The first-order chi connectivity index (χ1) is 19.3. The number of amides is 1. The SMILES string of the molecule is CCCCS(=O)(=O)NC(CC(=O)OCC)c1ccc(OCCCCC2CCN(C(=O)c3ccccc3)CC2)cc1. The second-order valence-electron chi connectivity index (χ2n) is 10.4. The monoisotopic (exact) mass is 572 g/mol. The summed E-state index contributed by atoms with van der Waals surface area (Å²) in [7, 11) is -3.52. The van der Waals surface area contributed by atoms with E-state index in [-0.39, 0.29) is 24.7 Å². The van der Waals surface area contributed by atoms with Crippen LogP contribution in [0.25, 0.3) is 0 Å². The average molecular weight is 573 g/mol. The number of esters is 1. The van der Waals surface area contributed by atoms with Crippen LogP contribution in [0.2, 0.25) is 0 Å². The first-order valence-electron chi connectivity index (χ1n) is 14.5. The van der Waals surface area contributed by atoms with E-state index in [9.17, 15) is 18.0 Å². The Labute approximate surface area is 239 Å². The van der Waals surface area contributed by atoms with Gasteiger partial charge in [-0.05, 0) is 74.8 Å². The lowest BCUT2D eigenvalue weighted by Gasteiger charge is -2.32. The van der Waals surface area contributed by atoms with Crippen LogP contribution in [0.3, 0.4) is 0 Å². The van der Waals surface area contributed by atoms with Gasteiger partial charge in [0.1, 0.15) is 5.75 Å². The van der Waals surface area contributed by atoms with Crippen LogP contribution in [0.15, 0.2) is 54.6 Å². The molecule has 0 saturated carbocycles. The zero-order chi connectivity index (χ0) is 28.8. The number of hydrogen-bond donors (Lipinski definition) is 1. The fraction of sp³-hybridized carbons (Fsp3) is 0.548. The maximum atomic E-state index is 12.6. The summed E-state index contributed by atoms with van der Waals surface area (Å²) in [6.07, 6.45) is 6.46. The van der Waals surface area contributed by atoms with Crippen LogP contribution in [0.4, 0.5) is 0 Å². The number of nitrogens with zero attached hydrogens (tertiary/aromatic N) is 1. The summed E-state index contributed by atoms with van der Waals surface area (Å²) >= 11 is 0. The predicted octanol–water partition coefficient (Wildman–Crippen LogP) is 5.50. The van der Waals surface area contributed by atoms with Crippen LogP contribution >= 0.6 is 0 Å². The molecule has 8 nitrogen and oxygen atoms in total. The topological polar surface area (TPSA) is 102 Å². The summed E-state index contributed by atoms with van der Waals surface area (Å²) in [6.45, 7) is 6.13. The van der Waals surface area contributed by atoms with Gasteiger partial charge < -0.3 is 14.4 Å². The zero-order valence-corrected chi connectivity index (χ0v) is 24.7. The van der Waals surface area contributed by atoms with Gasteiger partial charge in [0.15, 0.2) is 0 Å². The second-order valence-corrected chi connectivity index (χ2v) is 12.2. The maximum Gasteiger partial charge on any atom is 0.307 e. The number of rotatable bonds is 16. The molecule has 1 aliphatic heterocycles. The molecule has 1 N–H and O–H groups in total. The summed E-state index contributed by atoms with van der Waals surface area (Å²) in [5.74, 6) is 1.05. The fourth-order valence-electron chi connectivity index (χ4n) is 4.93. The minimum absolute atomic E-state index is 0.0228.